The number of methoxy groups -OCH3 is 2. The van der Waals surface area contributed by atoms with Crippen molar-refractivity contribution >= 4 is 5.78 Å². The maximum Gasteiger partial charge on any atom is 0.167 e. The summed E-state index contributed by atoms with van der Waals surface area (Å²) >= 11 is 0. The fraction of sp³-hybridized carbons (Fsp3) is 0.708. The molecular weight excluding hydrogens is 350 g/mol. The molecule has 4 heteroatoms. The molecule has 0 radical (unpaired) electrons. The zero-order valence-electron chi connectivity index (χ0n) is 18.4. The number of Topliss-reactive ketones (excluding diaryl/α,β-unsaturated/α-hetero) is 1. The number of hydrogen-bond donors (Lipinski definition) is 1. The molecule has 5 atom stereocenters. The van der Waals surface area contributed by atoms with Crippen LogP contribution in [0, 0.1) is 34.5 Å². The van der Waals surface area contributed by atoms with Gasteiger partial charge in [-0.3, -0.25) is 4.79 Å². The Hall–Kier alpha value is -1.55. The number of carbonyl (C=O) groups excluding carboxylic acids is 1. The van der Waals surface area contributed by atoms with Crippen molar-refractivity contribution in [3.63, 3.8) is 0 Å². The third kappa shape index (κ3) is 3.45. The highest BCUT2D eigenvalue weighted by Crippen LogP contribution is 2.62. The Morgan fingerprint density at radius 2 is 1.71 bits per heavy atom. The molecule has 4 nitrogen and oxygen atoms in total. The van der Waals surface area contributed by atoms with Crippen LogP contribution in [0.2, 0.25) is 0 Å². The fourth-order valence-corrected chi connectivity index (χ4v) is 6.50. The highest BCUT2D eigenvalue weighted by Gasteiger charge is 2.58. The van der Waals surface area contributed by atoms with Crippen LogP contribution in [0.5, 0.6) is 11.5 Å². The normalized spacial score (nSPS) is 34.4. The maximum absolute atomic E-state index is 13.9. The summed E-state index contributed by atoms with van der Waals surface area (Å²) < 4.78 is 10.8. The number of rotatable bonds is 5. The Labute approximate surface area is 170 Å². The average Bonchev–Trinajstić information content (AvgIpc) is 2.66. The summed E-state index contributed by atoms with van der Waals surface area (Å²) in [5.74, 6) is 2.67. The van der Waals surface area contributed by atoms with Gasteiger partial charge in [0.25, 0.3) is 0 Å². The quantitative estimate of drug-likeness (QED) is 0.726. The van der Waals surface area contributed by atoms with Crippen molar-refractivity contribution in [2.45, 2.75) is 53.4 Å². The molecule has 0 saturated heterocycles. The van der Waals surface area contributed by atoms with Gasteiger partial charge in [-0.15, -0.1) is 0 Å². The van der Waals surface area contributed by atoms with Crippen LogP contribution in [0.4, 0.5) is 0 Å². The minimum atomic E-state index is -0.0313. The molecule has 0 aromatic heterocycles. The molecule has 2 aliphatic carbocycles. The van der Waals surface area contributed by atoms with Crippen molar-refractivity contribution in [1.82, 2.24) is 0 Å². The molecule has 2 N–H and O–H groups in total. The predicted molar refractivity (Wildman–Crippen MR) is 113 cm³/mol. The van der Waals surface area contributed by atoms with Crippen LogP contribution in [0.3, 0.4) is 0 Å². The molecule has 3 rings (SSSR count). The summed E-state index contributed by atoms with van der Waals surface area (Å²) in [4.78, 5) is 13.9. The van der Waals surface area contributed by atoms with Gasteiger partial charge >= 0.3 is 0 Å². The molecule has 0 amide bonds. The lowest BCUT2D eigenvalue weighted by atomic mass is 9.44. The molecule has 1 aromatic carbocycles. The molecule has 1 aromatic rings. The van der Waals surface area contributed by atoms with E-state index in [1.807, 2.05) is 18.2 Å². The minimum Gasteiger partial charge on any atom is -0.497 e. The first-order chi connectivity index (χ1) is 13.2. The second kappa shape index (κ2) is 7.70. The summed E-state index contributed by atoms with van der Waals surface area (Å²) in [5.41, 5.74) is 7.12. The summed E-state index contributed by atoms with van der Waals surface area (Å²) in [6.07, 6.45) is 4.66. The van der Waals surface area contributed by atoms with Crippen molar-refractivity contribution < 1.29 is 14.3 Å². The zero-order valence-corrected chi connectivity index (χ0v) is 18.4. The van der Waals surface area contributed by atoms with E-state index >= 15 is 0 Å². The molecule has 2 aliphatic rings. The SMILES string of the molecule is COc1cc(OC)cc(C(=O)[C@H]2[C@H](C)C(CN)CC3C(C)(C)CCC[C@@]32C)c1. The molecule has 0 bridgehead atoms. The average molecular weight is 388 g/mol. The number of fused-ring (bicyclic) bond motifs is 1. The van der Waals surface area contributed by atoms with Crippen LogP contribution in [0.25, 0.3) is 0 Å². The first kappa shape index (κ1) is 21.2. The Balaban J connectivity index is 2.07. The van der Waals surface area contributed by atoms with Crippen molar-refractivity contribution in [2.75, 3.05) is 20.8 Å². The summed E-state index contributed by atoms with van der Waals surface area (Å²) in [6, 6.07) is 5.53. The lowest BCUT2D eigenvalue weighted by Gasteiger charge is -2.60. The van der Waals surface area contributed by atoms with Gasteiger partial charge < -0.3 is 15.2 Å². The van der Waals surface area contributed by atoms with Crippen molar-refractivity contribution in [3.05, 3.63) is 23.8 Å². The van der Waals surface area contributed by atoms with Crippen LogP contribution in [0.1, 0.15) is 63.7 Å². The lowest BCUT2D eigenvalue weighted by Crippen LogP contribution is -2.56. The first-order valence-corrected chi connectivity index (χ1v) is 10.6. The summed E-state index contributed by atoms with van der Waals surface area (Å²) in [6.45, 7) is 10.0. The predicted octanol–water partition coefficient (Wildman–Crippen LogP) is 4.95. The summed E-state index contributed by atoms with van der Waals surface area (Å²) in [7, 11) is 3.25. The lowest BCUT2D eigenvalue weighted by molar-refractivity contribution is -0.0998. The Morgan fingerprint density at radius 1 is 1.11 bits per heavy atom. The van der Waals surface area contributed by atoms with E-state index < -0.39 is 0 Å². The standard InChI is InChI=1S/C24H37NO3/c1-15-17(14-25)12-20-23(2,3)8-7-9-24(20,4)21(15)22(26)16-10-18(27-5)13-19(11-16)28-6/h10-11,13,15,17,20-21H,7-9,12,14,25H2,1-6H3/t15-,17?,20?,21-,24+/m1/s1. The van der Waals surface area contributed by atoms with Crippen molar-refractivity contribution in [3.8, 4) is 11.5 Å². The van der Waals surface area contributed by atoms with Gasteiger partial charge in [-0.2, -0.15) is 0 Å². The van der Waals surface area contributed by atoms with Gasteiger partial charge in [0, 0.05) is 17.5 Å². The van der Waals surface area contributed by atoms with Gasteiger partial charge in [0.2, 0.25) is 0 Å². The van der Waals surface area contributed by atoms with Crippen LogP contribution >= 0.6 is 0 Å². The zero-order chi connectivity index (χ0) is 20.7. The molecule has 2 fully saturated rings. The fourth-order valence-electron chi connectivity index (χ4n) is 6.50. The van der Waals surface area contributed by atoms with Crippen LogP contribution < -0.4 is 15.2 Å². The van der Waals surface area contributed by atoms with E-state index in [1.54, 1.807) is 14.2 Å². The Bertz CT molecular complexity index is 706. The first-order valence-electron chi connectivity index (χ1n) is 10.6. The number of benzene rings is 1. The number of carbonyl (C=O) groups is 1. The molecule has 2 unspecified atom stereocenters. The van der Waals surface area contributed by atoms with Gasteiger partial charge in [0.1, 0.15) is 11.5 Å². The monoisotopic (exact) mass is 387 g/mol. The molecular formula is C24H37NO3. The molecule has 28 heavy (non-hydrogen) atoms. The highest BCUT2D eigenvalue weighted by atomic mass is 16.5. The highest BCUT2D eigenvalue weighted by molar-refractivity contribution is 5.99. The second-order valence-electron chi connectivity index (χ2n) is 9.93. The molecule has 0 spiro atoms. The van der Waals surface area contributed by atoms with Gasteiger partial charge in [-0.25, -0.2) is 0 Å². The van der Waals surface area contributed by atoms with E-state index in [1.165, 1.54) is 12.8 Å². The Kier molecular flexibility index (Phi) is 5.82. The van der Waals surface area contributed by atoms with E-state index in [9.17, 15) is 4.79 Å². The van der Waals surface area contributed by atoms with Gasteiger partial charge in [-0.1, -0.05) is 34.1 Å². The molecule has 156 valence electrons. The Morgan fingerprint density at radius 3 is 2.25 bits per heavy atom. The van der Waals surface area contributed by atoms with E-state index in [-0.39, 0.29) is 28.4 Å². The minimum absolute atomic E-state index is 0.000230. The van der Waals surface area contributed by atoms with Crippen LogP contribution in [0.15, 0.2) is 18.2 Å². The number of ketones is 1. The van der Waals surface area contributed by atoms with Gasteiger partial charge in [0.15, 0.2) is 5.78 Å². The van der Waals surface area contributed by atoms with Gasteiger partial charge in [-0.05, 0) is 66.5 Å². The maximum atomic E-state index is 13.9. The van der Waals surface area contributed by atoms with E-state index in [4.69, 9.17) is 15.2 Å². The number of nitrogens with two attached hydrogens (primary N) is 1. The van der Waals surface area contributed by atoms with Gasteiger partial charge in [0.05, 0.1) is 14.2 Å². The second-order valence-corrected chi connectivity index (χ2v) is 9.93. The van der Waals surface area contributed by atoms with E-state index in [2.05, 4.69) is 27.7 Å². The van der Waals surface area contributed by atoms with Crippen molar-refractivity contribution in [1.29, 1.82) is 0 Å². The molecule has 0 aliphatic heterocycles. The summed E-state index contributed by atoms with van der Waals surface area (Å²) in [5, 5.41) is 0. The molecule has 2 saturated carbocycles. The number of hydrogen-bond acceptors (Lipinski definition) is 4. The van der Waals surface area contributed by atoms with Crippen LogP contribution in [-0.4, -0.2) is 26.5 Å². The third-order valence-electron chi connectivity index (χ3n) is 8.02. The van der Waals surface area contributed by atoms with E-state index in [0.29, 0.717) is 35.4 Å². The third-order valence-corrected chi connectivity index (χ3v) is 8.02. The smallest absolute Gasteiger partial charge is 0.167 e. The topological polar surface area (TPSA) is 61.5 Å². The van der Waals surface area contributed by atoms with Crippen LogP contribution in [-0.2, 0) is 0 Å². The van der Waals surface area contributed by atoms with Crippen molar-refractivity contribution in [2.24, 2.45) is 40.2 Å². The number of ether oxygens (including phenoxy) is 2. The largest absolute Gasteiger partial charge is 0.497 e. The van der Waals surface area contributed by atoms with E-state index in [0.717, 1.165) is 12.8 Å². The molecule has 0 heterocycles.